The summed E-state index contributed by atoms with van der Waals surface area (Å²) in [7, 11) is 0.0261. The van der Waals surface area contributed by atoms with Gasteiger partial charge in [-0.25, -0.2) is 13.4 Å². The first-order chi connectivity index (χ1) is 12.7. The van der Waals surface area contributed by atoms with Crippen LogP contribution in [0.3, 0.4) is 0 Å². The maximum absolute atomic E-state index is 12.4. The van der Waals surface area contributed by atoms with Crippen molar-refractivity contribution in [2.75, 3.05) is 65.7 Å². The molecular weight excluding hydrogens is 497 g/mol. The predicted molar refractivity (Wildman–Crippen MR) is 123 cm³/mol. The molecule has 0 radical (unpaired) electrons. The number of carbonyl (C=O) groups excluding carboxylic acids is 1. The van der Waals surface area contributed by atoms with Crippen LogP contribution >= 0.6 is 24.0 Å². The molecule has 1 heterocycles. The van der Waals surface area contributed by atoms with Gasteiger partial charge in [-0.15, -0.1) is 30.6 Å². The first-order valence-electron chi connectivity index (χ1n) is 9.11. The molecule has 0 aliphatic carbocycles. The summed E-state index contributed by atoms with van der Waals surface area (Å²) in [5, 5.41) is 3.13. The lowest BCUT2D eigenvalue weighted by atomic mass is 10.4. The quantitative estimate of drug-likeness (QED) is 0.198. The van der Waals surface area contributed by atoms with Crippen molar-refractivity contribution in [1.29, 1.82) is 0 Å². The second kappa shape index (κ2) is 13.3. The maximum Gasteiger partial charge on any atom is 0.243 e. The molecule has 1 fully saturated rings. The zero-order valence-corrected chi connectivity index (χ0v) is 20.4. The number of guanidine groups is 1. The number of carbonyl (C=O) groups is 1. The number of likely N-dealkylation sites (N-methyl/N-ethyl adjacent to an activating group) is 1. The molecule has 1 saturated heterocycles. The van der Waals surface area contributed by atoms with Gasteiger partial charge in [0.25, 0.3) is 0 Å². The van der Waals surface area contributed by atoms with Crippen molar-refractivity contribution in [3.63, 3.8) is 0 Å². The monoisotopic (exact) mass is 531 g/mol. The number of nitrogens with one attached hydrogen (secondary N) is 1. The Morgan fingerprint density at radius 3 is 2.39 bits per heavy atom. The third kappa shape index (κ3) is 9.52. The number of piperazine rings is 1. The summed E-state index contributed by atoms with van der Waals surface area (Å²) in [6.07, 6.45) is 1.72. The third-order valence-corrected chi connectivity index (χ3v) is 5.83. The van der Waals surface area contributed by atoms with Crippen molar-refractivity contribution in [3.8, 4) is 0 Å². The van der Waals surface area contributed by atoms with Gasteiger partial charge in [0, 0.05) is 46.8 Å². The molecule has 11 heteroatoms. The van der Waals surface area contributed by atoms with Gasteiger partial charge in [0.05, 0.1) is 18.5 Å². The second-order valence-electron chi connectivity index (χ2n) is 6.72. The topological polar surface area (TPSA) is 94.5 Å². The predicted octanol–water partition coefficient (Wildman–Crippen LogP) is 0.197. The molecule has 9 nitrogen and oxygen atoms in total. The average molecular weight is 531 g/mol. The van der Waals surface area contributed by atoms with E-state index in [0.717, 1.165) is 0 Å². The van der Waals surface area contributed by atoms with E-state index in [1.54, 1.807) is 20.2 Å². The average Bonchev–Trinajstić information content (AvgIpc) is 2.61. The van der Waals surface area contributed by atoms with E-state index in [4.69, 9.17) is 4.74 Å². The van der Waals surface area contributed by atoms with Gasteiger partial charge >= 0.3 is 0 Å². The summed E-state index contributed by atoms with van der Waals surface area (Å²) in [6, 6.07) is 0. The highest BCUT2D eigenvalue weighted by Gasteiger charge is 2.28. The second-order valence-corrected chi connectivity index (χ2v) is 8.81. The maximum atomic E-state index is 12.4. The minimum Gasteiger partial charge on any atom is -0.378 e. The van der Waals surface area contributed by atoms with Crippen LogP contribution in [0.25, 0.3) is 0 Å². The molecule has 0 atom stereocenters. The highest BCUT2D eigenvalue weighted by molar-refractivity contribution is 14.0. The van der Waals surface area contributed by atoms with Gasteiger partial charge in [-0.1, -0.05) is 6.08 Å². The Balaban J connectivity index is 0.00000729. The van der Waals surface area contributed by atoms with Crippen LogP contribution in [0.4, 0.5) is 0 Å². The SMILES string of the molecule is C=CCNC(=NCC(=O)N(C)C)N1CCN(S(=O)(=O)CCOC(C)C)CC1.I. The lowest BCUT2D eigenvalue weighted by Gasteiger charge is -2.36. The Bertz CT molecular complexity index is 617. The van der Waals surface area contributed by atoms with Gasteiger partial charge in [0.1, 0.15) is 6.54 Å². The number of halogens is 1. The van der Waals surface area contributed by atoms with Crippen LogP contribution in [-0.4, -0.2) is 106 Å². The van der Waals surface area contributed by atoms with Crippen molar-refractivity contribution >= 4 is 45.9 Å². The van der Waals surface area contributed by atoms with Gasteiger partial charge in [-0.3, -0.25) is 4.79 Å². The molecule has 1 aliphatic heterocycles. The Labute approximate surface area is 186 Å². The summed E-state index contributed by atoms with van der Waals surface area (Å²) in [6.45, 7) is 9.94. The number of hydrogen-bond donors (Lipinski definition) is 1. The molecule has 1 rings (SSSR count). The minimum absolute atomic E-state index is 0. The van der Waals surface area contributed by atoms with Crippen LogP contribution in [0, 0.1) is 0 Å². The van der Waals surface area contributed by atoms with E-state index in [2.05, 4.69) is 16.9 Å². The van der Waals surface area contributed by atoms with Gasteiger partial charge in [0.2, 0.25) is 15.9 Å². The zero-order chi connectivity index (χ0) is 20.4. The molecule has 1 aliphatic rings. The summed E-state index contributed by atoms with van der Waals surface area (Å²) < 4.78 is 31.7. The molecule has 0 aromatic carbocycles. The van der Waals surface area contributed by atoms with Crippen LogP contribution in [0.15, 0.2) is 17.6 Å². The normalized spacial score (nSPS) is 15.9. The molecule has 28 heavy (non-hydrogen) atoms. The number of ether oxygens (including phenoxy) is 1. The van der Waals surface area contributed by atoms with Crippen LogP contribution in [0.2, 0.25) is 0 Å². The fraction of sp³-hybridized carbons (Fsp3) is 0.765. The Hall–Kier alpha value is -0.920. The van der Waals surface area contributed by atoms with Crippen LogP contribution in [-0.2, 0) is 19.6 Å². The molecular formula is C17H34IN5O4S. The van der Waals surface area contributed by atoms with Crippen molar-refractivity contribution < 1.29 is 17.9 Å². The smallest absolute Gasteiger partial charge is 0.243 e. The highest BCUT2D eigenvalue weighted by atomic mass is 127. The first kappa shape index (κ1) is 27.1. The lowest BCUT2D eigenvalue weighted by Crippen LogP contribution is -2.54. The third-order valence-electron chi connectivity index (χ3n) is 3.99. The van der Waals surface area contributed by atoms with E-state index in [9.17, 15) is 13.2 Å². The van der Waals surface area contributed by atoms with Gasteiger partial charge in [0.15, 0.2) is 5.96 Å². The van der Waals surface area contributed by atoms with Gasteiger partial charge in [-0.2, -0.15) is 4.31 Å². The number of sulfonamides is 1. The van der Waals surface area contributed by atoms with E-state index in [1.807, 2.05) is 18.7 Å². The van der Waals surface area contributed by atoms with Crippen molar-refractivity contribution in [2.45, 2.75) is 20.0 Å². The molecule has 1 N–H and O–H groups in total. The zero-order valence-electron chi connectivity index (χ0n) is 17.3. The van der Waals surface area contributed by atoms with E-state index < -0.39 is 10.0 Å². The Morgan fingerprint density at radius 2 is 1.89 bits per heavy atom. The van der Waals surface area contributed by atoms with E-state index in [1.165, 1.54) is 9.21 Å². The first-order valence-corrected chi connectivity index (χ1v) is 10.7. The number of amides is 1. The Morgan fingerprint density at radius 1 is 1.29 bits per heavy atom. The van der Waals surface area contributed by atoms with Crippen molar-refractivity contribution in [2.24, 2.45) is 4.99 Å². The fourth-order valence-electron chi connectivity index (χ4n) is 2.41. The summed E-state index contributed by atoms with van der Waals surface area (Å²) in [5.74, 6) is 0.475. The summed E-state index contributed by atoms with van der Waals surface area (Å²) in [5.41, 5.74) is 0. The standard InChI is InChI=1S/C17H33N5O4S.HI/c1-6-7-18-17(19-14-16(23)20(4)5)21-8-10-22(11-9-21)27(24,25)13-12-26-15(2)3;/h6,15H,1,7-14H2,2-5H3,(H,18,19);1H. The summed E-state index contributed by atoms with van der Waals surface area (Å²) >= 11 is 0. The molecule has 0 saturated carbocycles. The number of rotatable bonds is 9. The molecule has 0 spiro atoms. The van der Waals surface area contributed by atoms with E-state index >= 15 is 0 Å². The molecule has 0 unspecified atom stereocenters. The Kier molecular flexibility index (Phi) is 12.9. The van der Waals surface area contributed by atoms with Crippen LogP contribution in [0.5, 0.6) is 0 Å². The minimum atomic E-state index is -3.34. The molecule has 164 valence electrons. The van der Waals surface area contributed by atoms with E-state index in [-0.39, 0.29) is 54.9 Å². The van der Waals surface area contributed by atoms with Crippen LogP contribution in [0.1, 0.15) is 13.8 Å². The highest BCUT2D eigenvalue weighted by Crippen LogP contribution is 2.09. The number of hydrogen-bond acceptors (Lipinski definition) is 5. The fourth-order valence-corrected chi connectivity index (χ4v) is 3.70. The van der Waals surface area contributed by atoms with E-state index in [0.29, 0.717) is 38.7 Å². The number of nitrogens with zero attached hydrogens (tertiary/aromatic N) is 4. The molecule has 0 aromatic rings. The lowest BCUT2D eigenvalue weighted by molar-refractivity contribution is -0.127. The molecule has 0 aromatic heterocycles. The van der Waals surface area contributed by atoms with Crippen molar-refractivity contribution in [1.82, 2.24) is 19.4 Å². The van der Waals surface area contributed by atoms with Crippen LogP contribution < -0.4 is 5.32 Å². The van der Waals surface area contributed by atoms with Gasteiger partial charge in [-0.05, 0) is 13.8 Å². The number of aliphatic imine (C=N–C) groups is 1. The molecule has 0 bridgehead atoms. The largest absolute Gasteiger partial charge is 0.378 e. The van der Waals surface area contributed by atoms with Gasteiger partial charge < -0.3 is 19.9 Å². The molecule has 1 amide bonds. The summed E-state index contributed by atoms with van der Waals surface area (Å²) in [4.78, 5) is 19.6. The van der Waals surface area contributed by atoms with Crippen molar-refractivity contribution in [3.05, 3.63) is 12.7 Å².